The Bertz CT molecular complexity index is 2310. The normalized spacial score (nSPS) is 21.9. The molecule has 2 saturated heterocycles. The van der Waals surface area contributed by atoms with Gasteiger partial charge >= 0.3 is 5.69 Å². The summed E-state index contributed by atoms with van der Waals surface area (Å²) in [6.45, 7) is 8.12. The minimum absolute atomic E-state index is 0.177. The zero-order valence-electron chi connectivity index (χ0n) is 31.3. The van der Waals surface area contributed by atoms with E-state index in [1.165, 1.54) is 6.26 Å². The van der Waals surface area contributed by atoms with Crippen LogP contribution in [0, 0.1) is 12.8 Å². The number of nitrogens with one attached hydrogen (secondary N) is 2. The molecule has 1 unspecified atom stereocenters. The SMILES string of the molecule is Cc1nc(C(=O)Nc2cc3cn(C4CCC(CN5CCC(c6cccc7c6n(C)c(=O)n7C6CCC(=O)NC6=O)CC5)CC4)nc3cc2C(C)(C)O)co1. The number of para-hydroxylation sites is 1. The summed E-state index contributed by atoms with van der Waals surface area (Å²) in [5, 5.41) is 22.1. The molecule has 0 bridgehead atoms. The Labute approximate surface area is 312 Å². The van der Waals surface area contributed by atoms with E-state index in [9.17, 15) is 24.3 Å². The molecule has 1 saturated carbocycles. The summed E-state index contributed by atoms with van der Waals surface area (Å²) in [5.41, 5.74) is 3.39. The number of aliphatic hydroxyl groups is 1. The van der Waals surface area contributed by atoms with Crippen LogP contribution in [-0.2, 0) is 22.2 Å². The van der Waals surface area contributed by atoms with Crippen LogP contribution >= 0.6 is 0 Å². The van der Waals surface area contributed by atoms with E-state index in [4.69, 9.17) is 9.52 Å². The molecule has 0 spiro atoms. The average molecular weight is 737 g/mol. The first kappa shape index (κ1) is 35.9. The number of anilines is 1. The number of rotatable bonds is 8. The van der Waals surface area contributed by atoms with E-state index in [0.717, 1.165) is 85.7 Å². The number of aromatic nitrogens is 5. The molecule has 8 rings (SSSR count). The number of imidazole rings is 1. The fraction of sp³-hybridized carbons (Fsp3) is 0.500. The van der Waals surface area contributed by atoms with Gasteiger partial charge in [0.2, 0.25) is 11.8 Å². The zero-order chi connectivity index (χ0) is 37.9. The van der Waals surface area contributed by atoms with Crippen molar-refractivity contribution in [3.8, 4) is 0 Å². The number of fused-ring (bicyclic) bond motifs is 2. The van der Waals surface area contributed by atoms with Gasteiger partial charge in [0, 0.05) is 49.8 Å². The first-order valence-electron chi connectivity index (χ1n) is 19.1. The standard InChI is InChI=1S/C40H48N8O6/c1-23-41-32(22-54-23)37(50)42-31-18-26-21-47(44-30(26)19-29(31)40(2,3)53)27-10-8-24(9-11-27)20-46-16-14-25(15-17-46)28-6-5-7-33-36(28)45(4)39(52)48(33)34-12-13-35(49)43-38(34)51/h5-7,18-19,21-22,24-25,27,34,53H,8-17,20H2,1-4H3,(H,42,50)(H,43,49,51). The number of nitrogens with zero attached hydrogens (tertiary/aromatic N) is 6. The Balaban J connectivity index is 0.895. The monoisotopic (exact) mass is 736 g/mol. The lowest BCUT2D eigenvalue weighted by molar-refractivity contribution is -0.135. The van der Waals surface area contributed by atoms with Gasteiger partial charge in [-0.1, -0.05) is 12.1 Å². The fourth-order valence-electron chi connectivity index (χ4n) is 8.95. The summed E-state index contributed by atoms with van der Waals surface area (Å²) in [4.78, 5) is 57.6. The molecule has 5 heterocycles. The van der Waals surface area contributed by atoms with Crippen molar-refractivity contribution in [3.05, 3.63) is 76.0 Å². The number of hydrogen-bond acceptors (Lipinski definition) is 9. The lowest BCUT2D eigenvalue weighted by atomic mass is 9.84. The van der Waals surface area contributed by atoms with Crippen molar-refractivity contribution in [3.63, 3.8) is 0 Å². The molecule has 0 radical (unpaired) electrons. The number of aryl methyl sites for hydroxylation is 2. The maximum atomic E-state index is 13.4. The molecule has 3 fully saturated rings. The summed E-state index contributed by atoms with van der Waals surface area (Å²) >= 11 is 0. The van der Waals surface area contributed by atoms with Gasteiger partial charge in [0.15, 0.2) is 11.6 Å². The van der Waals surface area contributed by atoms with E-state index >= 15 is 0 Å². The molecule has 14 heteroatoms. The molecule has 2 aromatic carbocycles. The highest BCUT2D eigenvalue weighted by atomic mass is 16.3. The van der Waals surface area contributed by atoms with E-state index in [1.54, 1.807) is 37.0 Å². The zero-order valence-corrected chi connectivity index (χ0v) is 31.3. The Morgan fingerprint density at radius 3 is 2.50 bits per heavy atom. The van der Waals surface area contributed by atoms with Gasteiger partial charge < -0.3 is 19.7 Å². The lowest BCUT2D eigenvalue weighted by Gasteiger charge is -2.37. The van der Waals surface area contributed by atoms with Crippen molar-refractivity contribution in [2.24, 2.45) is 13.0 Å². The first-order chi connectivity index (χ1) is 25.8. The number of piperidine rings is 2. The largest absolute Gasteiger partial charge is 0.448 e. The number of benzene rings is 2. The number of imide groups is 1. The molecule has 2 aliphatic heterocycles. The van der Waals surface area contributed by atoms with Crippen LogP contribution in [0.4, 0.5) is 5.69 Å². The molecular weight excluding hydrogens is 688 g/mol. The van der Waals surface area contributed by atoms with Gasteiger partial charge in [0.25, 0.3) is 5.91 Å². The second kappa shape index (κ2) is 14.0. The lowest BCUT2D eigenvalue weighted by Crippen LogP contribution is -2.44. The van der Waals surface area contributed by atoms with Gasteiger partial charge in [0.1, 0.15) is 12.3 Å². The smallest absolute Gasteiger partial charge is 0.329 e. The highest BCUT2D eigenvalue weighted by Gasteiger charge is 2.33. The van der Waals surface area contributed by atoms with Crippen LogP contribution in [0.15, 0.2) is 52.0 Å². The number of carbonyl (C=O) groups is 3. The van der Waals surface area contributed by atoms with Crippen LogP contribution in [-0.4, -0.2) is 71.3 Å². The van der Waals surface area contributed by atoms with E-state index in [-0.39, 0.29) is 29.8 Å². The van der Waals surface area contributed by atoms with Crippen LogP contribution < -0.4 is 16.3 Å². The molecule has 1 atom stereocenters. The van der Waals surface area contributed by atoms with Crippen LogP contribution in [0.25, 0.3) is 21.9 Å². The molecule has 3 amide bonds. The average Bonchev–Trinajstić information content (AvgIpc) is 3.84. The van der Waals surface area contributed by atoms with Crippen molar-refractivity contribution >= 4 is 45.3 Å². The predicted molar refractivity (Wildman–Crippen MR) is 202 cm³/mol. The Morgan fingerprint density at radius 1 is 1.06 bits per heavy atom. The van der Waals surface area contributed by atoms with E-state index in [1.807, 2.05) is 30.5 Å². The summed E-state index contributed by atoms with van der Waals surface area (Å²) < 4.78 is 10.5. The van der Waals surface area contributed by atoms with Crippen molar-refractivity contribution in [2.45, 2.75) is 95.7 Å². The van der Waals surface area contributed by atoms with Gasteiger partial charge in [-0.3, -0.25) is 33.5 Å². The van der Waals surface area contributed by atoms with Gasteiger partial charge in [-0.2, -0.15) is 5.10 Å². The third-order valence-corrected chi connectivity index (χ3v) is 11.8. The van der Waals surface area contributed by atoms with Crippen LogP contribution in [0.3, 0.4) is 0 Å². The number of hydrogen-bond donors (Lipinski definition) is 3. The summed E-state index contributed by atoms with van der Waals surface area (Å²) in [6, 6.07) is 9.34. The molecule has 284 valence electrons. The third kappa shape index (κ3) is 6.77. The molecule has 5 aromatic rings. The highest BCUT2D eigenvalue weighted by molar-refractivity contribution is 6.04. The van der Waals surface area contributed by atoms with Crippen LogP contribution in [0.1, 0.15) is 111 Å². The molecule has 3 aliphatic rings. The van der Waals surface area contributed by atoms with E-state index in [2.05, 4.69) is 31.3 Å². The predicted octanol–water partition coefficient (Wildman–Crippen LogP) is 5.05. The second-order valence-corrected chi connectivity index (χ2v) is 16.0. The van der Waals surface area contributed by atoms with Crippen molar-refractivity contribution < 1.29 is 23.9 Å². The molecule has 3 N–H and O–H groups in total. The van der Waals surface area contributed by atoms with E-state index < -0.39 is 23.5 Å². The molecule has 1 aliphatic carbocycles. The summed E-state index contributed by atoms with van der Waals surface area (Å²) in [6.07, 6.45) is 10.2. The quantitative estimate of drug-likeness (QED) is 0.185. The maximum absolute atomic E-state index is 13.4. The second-order valence-electron chi connectivity index (χ2n) is 16.0. The summed E-state index contributed by atoms with van der Waals surface area (Å²) in [5.74, 6) is 0.216. The van der Waals surface area contributed by atoms with Crippen molar-refractivity contribution in [1.29, 1.82) is 0 Å². The number of carbonyl (C=O) groups excluding carboxylic acids is 3. The third-order valence-electron chi connectivity index (χ3n) is 11.8. The van der Waals surface area contributed by atoms with Crippen molar-refractivity contribution in [2.75, 3.05) is 25.0 Å². The van der Waals surface area contributed by atoms with Crippen LogP contribution in [0.5, 0.6) is 0 Å². The topological polar surface area (TPSA) is 170 Å². The highest BCUT2D eigenvalue weighted by Crippen LogP contribution is 2.38. The van der Waals surface area contributed by atoms with Gasteiger partial charge in [-0.05, 0) is 107 Å². The molecular formula is C40H48N8O6. The molecule has 3 aromatic heterocycles. The van der Waals surface area contributed by atoms with E-state index in [0.29, 0.717) is 35.4 Å². The van der Waals surface area contributed by atoms with Gasteiger partial charge in [-0.25, -0.2) is 9.78 Å². The Hall–Kier alpha value is -5.08. The van der Waals surface area contributed by atoms with Crippen LogP contribution in [0.2, 0.25) is 0 Å². The van der Waals surface area contributed by atoms with Gasteiger partial charge in [-0.15, -0.1) is 0 Å². The summed E-state index contributed by atoms with van der Waals surface area (Å²) in [7, 11) is 1.78. The number of likely N-dealkylation sites (tertiary alicyclic amines) is 1. The number of oxazole rings is 1. The maximum Gasteiger partial charge on any atom is 0.329 e. The molecule has 54 heavy (non-hydrogen) atoms. The first-order valence-corrected chi connectivity index (χ1v) is 19.1. The minimum Gasteiger partial charge on any atom is -0.448 e. The Kier molecular flexibility index (Phi) is 9.29. The minimum atomic E-state index is -1.21. The van der Waals surface area contributed by atoms with Crippen molar-refractivity contribution in [1.82, 2.24) is 34.1 Å². The molecule has 14 nitrogen and oxygen atoms in total. The number of amides is 3. The van der Waals surface area contributed by atoms with Gasteiger partial charge in [0.05, 0.1) is 28.2 Å². The Morgan fingerprint density at radius 2 is 1.81 bits per heavy atom. The fourth-order valence-corrected chi connectivity index (χ4v) is 8.95.